The highest BCUT2D eigenvalue weighted by atomic mass is 32.2. The third-order valence-corrected chi connectivity index (χ3v) is 5.59. The minimum atomic E-state index is -0.326. The third-order valence-electron chi connectivity index (χ3n) is 4.59. The van der Waals surface area contributed by atoms with Gasteiger partial charge in [-0.05, 0) is 23.8 Å². The number of thioether (sulfide) groups is 1. The summed E-state index contributed by atoms with van der Waals surface area (Å²) >= 11 is 1.69. The third kappa shape index (κ3) is 6.95. The van der Waals surface area contributed by atoms with Crippen LogP contribution in [0, 0.1) is 5.82 Å². The molecular weight excluding hydrogens is 393 g/mol. The van der Waals surface area contributed by atoms with Gasteiger partial charge in [0.2, 0.25) is 5.91 Å². The second-order valence-corrected chi connectivity index (χ2v) is 7.75. The van der Waals surface area contributed by atoms with Crippen LogP contribution in [0.15, 0.2) is 35.5 Å². The predicted molar refractivity (Wildman–Crippen MR) is 111 cm³/mol. The van der Waals surface area contributed by atoms with Crippen molar-refractivity contribution in [3.63, 3.8) is 0 Å². The van der Waals surface area contributed by atoms with Crippen molar-refractivity contribution >= 4 is 23.7 Å². The molecule has 9 heteroatoms. The van der Waals surface area contributed by atoms with Crippen molar-refractivity contribution in [2.24, 2.45) is 7.05 Å². The van der Waals surface area contributed by atoms with Crippen molar-refractivity contribution in [1.29, 1.82) is 0 Å². The van der Waals surface area contributed by atoms with E-state index in [1.165, 1.54) is 18.2 Å². The summed E-state index contributed by atoms with van der Waals surface area (Å²) in [7, 11) is 1.94. The van der Waals surface area contributed by atoms with Crippen LogP contribution in [0.3, 0.4) is 0 Å². The molecule has 0 aliphatic carbocycles. The van der Waals surface area contributed by atoms with Crippen molar-refractivity contribution in [3.05, 3.63) is 47.5 Å². The summed E-state index contributed by atoms with van der Waals surface area (Å²) in [5.41, 5.74) is 0.646. The maximum Gasteiger partial charge on any atom is 0.244 e. The number of ether oxygens (including phenoxy) is 1. The lowest BCUT2D eigenvalue weighted by Gasteiger charge is -2.26. The molecular formula is C20H26FN5O2S. The minimum Gasteiger partial charge on any atom is -0.379 e. The van der Waals surface area contributed by atoms with Crippen molar-refractivity contribution < 1.29 is 13.9 Å². The summed E-state index contributed by atoms with van der Waals surface area (Å²) in [6.07, 6.45) is 3.58. The van der Waals surface area contributed by atoms with E-state index >= 15 is 0 Å². The monoisotopic (exact) mass is 419 g/mol. The Morgan fingerprint density at radius 1 is 1.34 bits per heavy atom. The Labute approximate surface area is 174 Å². The molecule has 0 unspecified atom stereocenters. The first kappa shape index (κ1) is 21.5. The Hall–Kier alpha value is -2.23. The first-order valence-corrected chi connectivity index (χ1v) is 10.6. The predicted octanol–water partition coefficient (Wildman–Crippen LogP) is 1.75. The normalized spacial score (nSPS) is 15.1. The van der Waals surface area contributed by atoms with Gasteiger partial charge >= 0.3 is 0 Å². The SMILES string of the molecule is Cn1c(CCNC(=O)/C=C/c2cccc(F)c2)nnc1SCCN1CCOCC1. The molecule has 0 saturated carbocycles. The van der Waals surface area contributed by atoms with Crippen LogP contribution in [0.2, 0.25) is 0 Å². The van der Waals surface area contributed by atoms with E-state index in [-0.39, 0.29) is 11.7 Å². The molecule has 1 N–H and O–H groups in total. The van der Waals surface area contributed by atoms with Crippen LogP contribution >= 0.6 is 11.8 Å². The molecule has 0 spiro atoms. The molecule has 29 heavy (non-hydrogen) atoms. The molecule has 1 aromatic heterocycles. The topological polar surface area (TPSA) is 72.3 Å². The van der Waals surface area contributed by atoms with E-state index in [4.69, 9.17) is 4.74 Å². The number of carbonyl (C=O) groups is 1. The van der Waals surface area contributed by atoms with Gasteiger partial charge in [0, 0.05) is 51.5 Å². The Kier molecular flexibility index (Phi) is 8.21. The lowest BCUT2D eigenvalue weighted by Crippen LogP contribution is -2.37. The molecule has 1 aliphatic heterocycles. The molecule has 1 aromatic carbocycles. The molecule has 1 fully saturated rings. The summed E-state index contributed by atoms with van der Waals surface area (Å²) in [6.45, 7) is 5.04. The lowest BCUT2D eigenvalue weighted by atomic mass is 10.2. The van der Waals surface area contributed by atoms with Gasteiger partial charge < -0.3 is 14.6 Å². The number of aromatic nitrogens is 3. The first-order valence-electron chi connectivity index (χ1n) is 9.64. The van der Waals surface area contributed by atoms with Crippen LogP contribution in [0.1, 0.15) is 11.4 Å². The van der Waals surface area contributed by atoms with E-state index < -0.39 is 0 Å². The average molecular weight is 420 g/mol. The number of carbonyl (C=O) groups excluding carboxylic acids is 1. The Morgan fingerprint density at radius 2 is 2.17 bits per heavy atom. The van der Waals surface area contributed by atoms with E-state index in [2.05, 4.69) is 20.4 Å². The van der Waals surface area contributed by atoms with Crippen molar-refractivity contribution in [3.8, 4) is 0 Å². The van der Waals surface area contributed by atoms with Crippen molar-refractivity contribution in [2.45, 2.75) is 11.6 Å². The second-order valence-electron chi connectivity index (χ2n) is 6.69. The summed E-state index contributed by atoms with van der Waals surface area (Å²) in [5, 5.41) is 12.2. The smallest absolute Gasteiger partial charge is 0.244 e. The fraction of sp³-hybridized carbons (Fsp3) is 0.450. The molecule has 156 valence electrons. The van der Waals surface area contributed by atoms with Crippen molar-refractivity contribution in [2.75, 3.05) is 45.1 Å². The van der Waals surface area contributed by atoms with Crippen LogP contribution < -0.4 is 5.32 Å². The summed E-state index contributed by atoms with van der Waals surface area (Å²) < 4.78 is 20.5. The van der Waals surface area contributed by atoms with Gasteiger partial charge in [-0.1, -0.05) is 23.9 Å². The highest BCUT2D eigenvalue weighted by Crippen LogP contribution is 2.16. The summed E-state index contributed by atoms with van der Waals surface area (Å²) in [6, 6.07) is 6.09. The Bertz CT molecular complexity index is 836. The maximum absolute atomic E-state index is 13.1. The number of hydrogen-bond acceptors (Lipinski definition) is 6. The molecule has 1 aliphatic rings. The molecule has 2 aromatic rings. The highest BCUT2D eigenvalue weighted by Gasteiger charge is 2.12. The molecule has 0 atom stereocenters. The van der Waals surface area contributed by atoms with E-state index in [1.54, 1.807) is 30.0 Å². The van der Waals surface area contributed by atoms with E-state index in [0.29, 0.717) is 18.5 Å². The number of hydrogen-bond donors (Lipinski definition) is 1. The van der Waals surface area contributed by atoms with Gasteiger partial charge in [0.05, 0.1) is 13.2 Å². The Morgan fingerprint density at radius 3 is 2.97 bits per heavy atom. The highest BCUT2D eigenvalue weighted by molar-refractivity contribution is 7.99. The number of nitrogens with zero attached hydrogens (tertiary/aromatic N) is 4. The van der Waals surface area contributed by atoms with E-state index in [1.807, 2.05) is 11.6 Å². The van der Waals surface area contributed by atoms with Crippen LogP contribution in [-0.2, 0) is 23.0 Å². The summed E-state index contributed by atoms with van der Waals surface area (Å²) in [5.74, 6) is 1.23. The molecule has 1 amide bonds. The van der Waals surface area contributed by atoms with Gasteiger partial charge in [-0.2, -0.15) is 0 Å². The minimum absolute atomic E-state index is 0.225. The number of halogens is 1. The first-order chi connectivity index (χ1) is 14.1. The number of rotatable bonds is 9. The molecule has 7 nitrogen and oxygen atoms in total. The van der Waals surface area contributed by atoms with E-state index in [9.17, 15) is 9.18 Å². The lowest BCUT2D eigenvalue weighted by molar-refractivity contribution is -0.116. The molecule has 3 rings (SSSR count). The van der Waals surface area contributed by atoms with Gasteiger partial charge in [0.1, 0.15) is 11.6 Å². The molecule has 2 heterocycles. The zero-order valence-electron chi connectivity index (χ0n) is 16.5. The van der Waals surface area contributed by atoms with Crippen LogP contribution in [0.25, 0.3) is 6.08 Å². The fourth-order valence-electron chi connectivity index (χ4n) is 2.92. The molecule has 0 radical (unpaired) electrons. The zero-order valence-corrected chi connectivity index (χ0v) is 17.3. The quantitative estimate of drug-likeness (QED) is 0.493. The average Bonchev–Trinajstić information content (AvgIpc) is 3.07. The number of benzene rings is 1. The molecule has 0 bridgehead atoms. The standard InChI is InChI=1S/C20H26FN5O2S/c1-25-18(23-24-20(25)29-14-11-26-9-12-28-13-10-26)7-8-22-19(27)6-5-16-3-2-4-17(21)15-16/h2-6,15H,7-14H2,1H3,(H,22,27)/b6-5+. The van der Waals surface area contributed by atoms with Gasteiger partial charge in [0.15, 0.2) is 5.16 Å². The van der Waals surface area contributed by atoms with Gasteiger partial charge in [-0.25, -0.2) is 4.39 Å². The Balaban J connectivity index is 1.38. The van der Waals surface area contributed by atoms with Crippen LogP contribution in [-0.4, -0.2) is 70.7 Å². The molecule has 1 saturated heterocycles. The zero-order chi connectivity index (χ0) is 20.5. The van der Waals surface area contributed by atoms with E-state index in [0.717, 1.165) is 49.6 Å². The summed E-state index contributed by atoms with van der Waals surface area (Å²) in [4.78, 5) is 14.3. The van der Waals surface area contributed by atoms with Gasteiger partial charge in [0.25, 0.3) is 0 Å². The van der Waals surface area contributed by atoms with Crippen molar-refractivity contribution in [1.82, 2.24) is 25.0 Å². The number of morpholine rings is 1. The largest absolute Gasteiger partial charge is 0.379 e. The second kappa shape index (κ2) is 11.1. The van der Waals surface area contributed by atoms with Gasteiger partial charge in [-0.3, -0.25) is 9.69 Å². The van der Waals surface area contributed by atoms with Crippen LogP contribution in [0.5, 0.6) is 0 Å². The number of nitrogens with one attached hydrogen (secondary N) is 1. The fourth-order valence-corrected chi connectivity index (χ4v) is 3.85. The van der Waals surface area contributed by atoms with Gasteiger partial charge in [-0.15, -0.1) is 10.2 Å². The van der Waals surface area contributed by atoms with Crippen LogP contribution in [0.4, 0.5) is 4.39 Å². The number of amides is 1. The maximum atomic E-state index is 13.1.